The Balaban J connectivity index is 1.85. The molecular weight excluding hydrogens is 248 g/mol. The first kappa shape index (κ1) is 12.9. The highest BCUT2D eigenvalue weighted by Crippen LogP contribution is 2.34. The molecule has 0 amide bonds. The van der Waals surface area contributed by atoms with Gasteiger partial charge in [0.15, 0.2) is 0 Å². The van der Waals surface area contributed by atoms with Crippen LogP contribution < -0.4 is 4.74 Å². The quantitative estimate of drug-likeness (QED) is 0.848. The van der Waals surface area contributed by atoms with Crippen LogP contribution in [0.15, 0.2) is 42.5 Å². The molecule has 20 heavy (non-hydrogen) atoms. The molecule has 1 atom stereocenters. The number of hydrogen-bond donors (Lipinski definition) is 0. The van der Waals surface area contributed by atoms with E-state index in [1.165, 1.54) is 11.1 Å². The van der Waals surface area contributed by atoms with Crippen LogP contribution in [0.4, 0.5) is 0 Å². The highest BCUT2D eigenvalue weighted by atomic mass is 16.5. The van der Waals surface area contributed by atoms with Gasteiger partial charge in [-0.1, -0.05) is 36.4 Å². The summed E-state index contributed by atoms with van der Waals surface area (Å²) in [4.78, 5) is 12.6. The van der Waals surface area contributed by atoms with Crippen molar-refractivity contribution in [1.29, 1.82) is 0 Å². The van der Waals surface area contributed by atoms with Gasteiger partial charge in [-0.2, -0.15) is 0 Å². The zero-order valence-electron chi connectivity index (χ0n) is 11.8. The number of rotatable bonds is 3. The van der Waals surface area contributed by atoms with Crippen molar-refractivity contribution in [1.82, 2.24) is 0 Å². The van der Waals surface area contributed by atoms with Gasteiger partial charge in [0.25, 0.3) is 0 Å². The van der Waals surface area contributed by atoms with Crippen molar-refractivity contribution in [3.8, 4) is 5.75 Å². The van der Waals surface area contributed by atoms with Crippen LogP contribution in [0.25, 0.3) is 0 Å². The van der Waals surface area contributed by atoms with Crippen molar-refractivity contribution in [3.63, 3.8) is 0 Å². The van der Waals surface area contributed by atoms with Crippen LogP contribution in [0, 0.1) is 13.8 Å². The van der Waals surface area contributed by atoms with Crippen LogP contribution in [0.5, 0.6) is 5.75 Å². The number of benzene rings is 2. The van der Waals surface area contributed by atoms with Crippen molar-refractivity contribution in [3.05, 3.63) is 64.7 Å². The number of para-hydroxylation sites is 1. The van der Waals surface area contributed by atoms with Crippen molar-refractivity contribution in [2.24, 2.45) is 0 Å². The topological polar surface area (TPSA) is 26.3 Å². The average molecular weight is 266 g/mol. The van der Waals surface area contributed by atoms with Gasteiger partial charge in [0.05, 0.1) is 5.92 Å². The summed E-state index contributed by atoms with van der Waals surface area (Å²) in [7, 11) is 0. The standard InChI is InChI=1S/C18H18O2/c1-12-6-5-7-13(2)15(12)10-17(19)16-11-20-18-9-4-3-8-14(16)18/h3-9,16H,10-11H2,1-2H3. The van der Waals surface area contributed by atoms with Crippen molar-refractivity contribution in [2.75, 3.05) is 6.61 Å². The number of aryl methyl sites for hydroxylation is 2. The molecule has 0 saturated carbocycles. The largest absolute Gasteiger partial charge is 0.492 e. The Kier molecular flexibility index (Phi) is 3.31. The van der Waals surface area contributed by atoms with Gasteiger partial charge in [0.2, 0.25) is 0 Å². The Morgan fingerprint density at radius 3 is 2.55 bits per heavy atom. The number of carbonyl (C=O) groups is 1. The second kappa shape index (κ2) is 5.12. The molecule has 0 aliphatic carbocycles. The number of fused-ring (bicyclic) bond motifs is 1. The predicted molar refractivity (Wildman–Crippen MR) is 79.3 cm³/mol. The van der Waals surface area contributed by atoms with Crippen molar-refractivity contribution < 1.29 is 9.53 Å². The fraction of sp³-hybridized carbons (Fsp3) is 0.278. The van der Waals surface area contributed by atoms with Crippen LogP contribution in [0.2, 0.25) is 0 Å². The molecule has 2 heteroatoms. The summed E-state index contributed by atoms with van der Waals surface area (Å²) in [5.41, 5.74) is 4.56. The Morgan fingerprint density at radius 1 is 1.10 bits per heavy atom. The smallest absolute Gasteiger partial charge is 0.148 e. The molecule has 1 heterocycles. The molecule has 102 valence electrons. The first-order valence-corrected chi connectivity index (χ1v) is 6.96. The average Bonchev–Trinajstić information content (AvgIpc) is 2.87. The molecule has 1 unspecified atom stereocenters. The number of Topliss-reactive ketones (excluding diaryl/α,β-unsaturated/α-hetero) is 1. The van der Waals surface area contributed by atoms with Crippen molar-refractivity contribution in [2.45, 2.75) is 26.2 Å². The molecule has 0 spiro atoms. The molecule has 1 aliphatic heterocycles. The van der Waals surface area contributed by atoms with Gasteiger partial charge < -0.3 is 4.74 Å². The monoisotopic (exact) mass is 266 g/mol. The van der Waals surface area contributed by atoms with E-state index < -0.39 is 0 Å². The first-order valence-electron chi connectivity index (χ1n) is 6.96. The molecule has 3 rings (SSSR count). The second-order valence-corrected chi connectivity index (χ2v) is 5.41. The van der Waals surface area contributed by atoms with E-state index in [1.54, 1.807) is 0 Å². The third kappa shape index (κ3) is 2.22. The lowest BCUT2D eigenvalue weighted by Crippen LogP contribution is -2.17. The zero-order chi connectivity index (χ0) is 14.1. The third-order valence-corrected chi connectivity index (χ3v) is 4.08. The molecule has 0 aromatic heterocycles. The zero-order valence-corrected chi connectivity index (χ0v) is 11.8. The summed E-state index contributed by atoms with van der Waals surface area (Å²) in [6, 6.07) is 14.0. The highest BCUT2D eigenvalue weighted by molar-refractivity contribution is 5.89. The molecule has 0 fully saturated rings. The maximum absolute atomic E-state index is 12.6. The van der Waals surface area contributed by atoms with E-state index in [0.717, 1.165) is 16.9 Å². The highest BCUT2D eigenvalue weighted by Gasteiger charge is 2.30. The minimum Gasteiger partial charge on any atom is -0.492 e. The van der Waals surface area contributed by atoms with Crippen LogP contribution in [0.3, 0.4) is 0 Å². The summed E-state index contributed by atoms with van der Waals surface area (Å²) in [5, 5.41) is 0. The summed E-state index contributed by atoms with van der Waals surface area (Å²) in [5.74, 6) is 0.977. The first-order chi connectivity index (χ1) is 9.66. The minimum absolute atomic E-state index is 0.120. The second-order valence-electron chi connectivity index (χ2n) is 5.41. The van der Waals surface area contributed by atoms with Gasteiger partial charge in [-0.3, -0.25) is 4.79 Å². The molecule has 0 N–H and O–H groups in total. The van der Waals surface area contributed by atoms with E-state index in [0.29, 0.717) is 13.0 Å². The lowest BCUT2D eigenvalue weighted by molar-refractivity contribution is -0.120. The van der Waals surface area contributed by atoms with E-state index in [4.69, 9.17) is 4.74 Å². The van der Waals surface area contributed by atoms with Gasteiger partial charge in [-0.15, -0.1) is 0 Å². The Hall–Kier alpha value is -2.09. The third-order valence-electron chi connectivity index (χ3n) is 4.08. The normalized spacial score (nSPS) is 16.6. The molecule has 2 nitrogen and oxygen atoms in total. The van der Waals surface area contributed by atoms with E-state index in [1.807, 2.05) is 30.3 Å². The van der Waals surface area contributed by atoms with Crippen molar-refractivity contribution >= 4 is 5.78 Å². The number of ether oxygens (including phenoxy) is 1. The summed E-state index contributed by atoms with van der Waals surface area (Å²) < 4.78 is 5.61. The van der Waals surface area contributed by atoms with Crippen LogP contribution in [0.1, 0.15) is 28.2 Å². The SMILES string of the molecule is Cc1cccc(C)c1CC(=O)C1COc2ccccc21. The Bertz CT molecular complexity index is 638. The number of hydrogen-bond acceptors (Lipinski definition) is 2. The molecule has 0 saturated heterocycles. The predicted octanol–water partition coefficient (Wildman–Crippen LogP) is 3.59. The van der Waals surface area contributed by atoms with Crippen LogP contribution in [-0.2, 0) is 11.2 Å². The maximum Gasteiger partial charge on any atom is 0.148 e. The maximum atomic E-state index is 12.6. The molecule has 2 aromatic rings. The number of carbonyl (C=O) groups excluding carboxylic acids is 1. The minimum atomic E-state index is -0.120. The fourth-order valence-electron chi connectivity index (χ4n) is 2.85. The summed E-state index contributed by atoms with van der Waals surface area (Å²) >= 11 is 0. The number of ketones is 1. The molecular formula is C18H18O2. The van der Waals surface area contributed by atoms with E-state index >= 15 is 0 Å². The van der Waals surface area contributed by atoms with Crippen LogP contribution in [-0.4, -0.2) is 12.4 Å². The Morgan fingerprint density at radius 2 is 1.80 bits per heavy atom. The molecule has 0 bridgehead atoms. The summed E-state index contributed by atoms with van der Waals surface area (Å²) in [6.07, 6.45) is 0.487. The van der Waals surface area contributed by atoms with Gasteiger partial charge >= 0.3 is 0 Å². The Labute approximate surface area is 119 Å². The molecule has 0 radical (unpaired) electrons. The van der Waals surface area contributed by atoms with Gasteiger partial charge in [0, 0.05) is 12.0 Å². The van der Waals surface area contributed by atoms with E-state index in [9.17, 15) is 4.79 Å². The van der Waals surface area contributed by atoms with Gasteiger partial charge in [0.1, 0.15) is 18.1 Å². The lowest BCUT2D eigenvalue weighted by atomic mass is 9.90. The van der Waals surface area contributed by atoms with E-state index in [-0.39, 0.29) is 11.7 Å². The van der Waals surface area contributed by atoms with Gasteiger partial charge in [-0.05, 0) is 36.6 Å². The van der Waals surface area contributed by atoms with E-state index in [2.05, 4.69) is 26.0 Å². The fourth-order valence-corrected chi connectivity index (χ4v) is 2.85. The van der Waals surface area contributed by atoms with Gasteiger partial charge in [-0.25, -0.2) is 0 Å². The lowest BCUT2D eigenvalue weighted by Gasteiger charge is -2.12. The van der Waals surface area contributed by atoms with Crippen LogP contribution >= 0.6 is 0 Å². The summed E-state index contributed by atoms with van der Waals surface area (Å²) in [6.45, 7) is 4.60. The molecule has 2 aromatic carbocycles. The molecule has 1 aliphatic rings.